The predicted octanol–water partition coefficient (Wildman–Crippen LogP) is 2.54. The van der Waals surface area contributed by atoms with Crippen LogP contribution in [0.25, 0.3) is 0 Å². The van der Waals surface area contributed by atoms with Gasteiger partial charge in [-0.3, -0.25) is 0 Å². The summed E-state index contributed by atoms with van der Waals surface area (Å²) in [6.45, 7) is 0.894. The molecule has 0 aliphatic carbocycles. The molecule has 5 heteroatoms. The third-order valence-electron chi connectivity index (χ3n) is 2.13. The van der Waals surface area contributed by atoms with Crippen LogP contribution in [0.5, 0.6) is 0 Å². The summed E-state index contributed by atoms with van der Waals surface area (Å²) in [5.74, 6) is -0.900. The minimum absolute atomic E-state index is 0. The van der Waals surface area contributed by atoms with Gasteiger partial charge in [-0.2, -0.15) is 0 Å². The zero-order valence-corrected chi connectivity index (χ0v) is 9.61. The molecular formula is C9H9BrClNO2. The maximum Gasteiger partial charge on any atom is 0.336 e. The monoisotopic (exact) mass is 277 g/mol. The number of hydrogen-bond acceptors (Lipinski definition) is 2. The van der Waals surface area contributed by atoms with Crippen molar-refractivity contribution in [3.8, 4) is 0 Å². The van der Waals surface area contributed by atoms with E-state index in [9.17, 15) is 4.79 Å². The summed E-state index contributed by atoms with van der Waals surface area (Å²) >= 11 is 3.24. The molecule has 0 atom stereocenters. The van der Waals surface area contributed by atoms with Crippen molar-refractivity contribution in [3.05, 3.63) is 27.7 Å². The molecule has 0 saturated heterocycles. The van der Waals surface area contributed by atoms with Crippen LogP contribution in [-0.2, 0) is 6.42 Å². The van der Waals surface area contributed by atoms with Crippen LogP contribution in [0.15, 0.2) is 16.6 Å². The van der Waals surface area contributed by atoms with E-state index in [1.54, 1.807) is 6.07 Å². The van der Waals surface area contributed by atoms with Crippen LogP contribution in [0, 0.1) is 0 Å². The van der Waals surface area contributed by atoms with Crippen molar-refractivity contribution in [1.29, 1.82) is 0 Å². The SMILES string of the molecule is Cl.O=C(O)c1cc2c(cc1Br)CCN2. The van der Waals surface area contributed by atoms with Crippen molar-refractivity contribution in [2.45, 2.75) is 6.42 Å². The smallest absolute Gasteiger partial charge is 0.336 e. The number of halogens is 2. The molecule has 0 aromatic heterocycles. The van der Waals surface area contributed by atoms with Crippen molar-refractivity contribution < 1.29 is 9.90 Å². The number of carboxylic acids is 1. The van der Waals surface area contributed by atoms with Gasteiger partial charge in [0.1, 0.15) is 0 Å². The van der Waals surface area contributed by atoms with Gasteiger partial charge < -0.3 is 10.4 Å². The van der Waals surface area contributed by atoms with Crippen molar-refractivity contribution in [2.75, 3.05) is 11.9 Å². The standard InChI is InChI=1S/C9H8BrNO2.ClH/c10-7-3-5-1-2-11-8(5)4-6(7)9(12)13;/h3-4,11H,1-2H2,(H,12,13);1H. The fraction of sp³-hybridized carbons (Fsp3) is 0.222. The van der Waals surface area contributed by atoms with E-state index in [1.807, 2.05) is 6.07 Å². The highest BCUT2D eigenvalue weighted by Crippen LogP contribution is 2.29. The van der Waals surface area contributed by atoms with E-state index in [0.717, 1.165) is 18.7 Å². The Balaban J connectivity index is 0.000000980. The number of rotatable bonds is 1. The number of aromatic carboxylic acids is 1. The highest BCUT2D eigenvalue weighted by molar-refractivity contribution is 9.10. The number of carboxylic acid groups (broad SMARTS) is 1. The Bertz CT molecular complexity index is 381. The topological polar surface area (TPSA) is 49.3 Å². The lowest BCUT2D eigenvalue weighted by Crippen LogP contribution is -1.99. The molecule has 1 aromatic carbocycles. The van der Waals surface area contributed by atoms with Gasteiger partial charge in [0.2, 0.25) is 0 Å². The Kier molecular flexibility index (Phi) is 3.39. The van der Waals surface area contributed by atoms with Crippen LogP contribution in [-0.4, -0.2) is 17.6 Å². The molecule has 0 bridgehead atoms. The number of nitrogens with one attached hydrogen (secondary N) is 1. The predicted molar refractivity (Wildman–Crippen MR) is 60.5 cm³/mol. The molecule has 0 spiro atoms. The third kappa shape index (κ3) is 1.86. The van der Waals surface area contributed by atoms with E-state index in [0.29, 0.717) is 10.0 Å². The molecule has 0 saturated carbocycles. The molecular weight excluding hydrogens is 269 g/mol. The first-order valence-corrected chi connectivity index (χ1v) is 4.77. The first-order chi connectivity index (χ1) is 6.18. The van der Waals surface area contributed by atoms with Gasteiger partial charge in [0.15, 0.2) is 0 Å². The van der Waals surface area contributed by atoms with Gasteiger partial charge >= 0.3 is 5.97 Å². The lowest BCUT2D eigenvalue weighted by Gasteiger charge is -2.03. The molecule has 1 aromatic rings. The maximum atomic E-state index is 10.8. The molecule has 76 valence electrons. The van der Waals surface area contributed by atoms with Gasteiger partial charge in [-0.1, -0.05) is 0 Å². The van der Waals surface area contributed by atoms with E-state index >= 15 is 0 Å². The average Bonchev–Trinajstić information content (AvgIpc) is 2.48. The molecule has 14 heavy (non-hydrogen) atoms. The van der Waals surface area contributed by atoms with Crippen molar-refractivity contribution >= 4 is 40.0 Å². The van der Waals surface area contributed by atoms with Crippen molar-refractivity contribution in [1.82, 2.24) is 0 Å². The summed E-state index contributed by atoms with van der Waals surface area (Å²) in [5, 5.41) is 12.0. The van der Waals surface area contributed by atoms with E-state index in [1.165, 1.54) is 5.56 Å². The quantitative estimate of drug-likeness (QED) is 0.830. The van der Waals surface area contributed by atoms with Crippen LogP contribution in [0.2, 0.25) is 0 Å². The summed E-state index contributed by atoms with van der Waals surface area (Å²) in [5.41, 5.74) is 2.44. The second kappa shape index (κ2) is 4.19. The maximum absolute atomic E-state index is 10.8. The Labute approximate surface area is 96.0 Å². The van der Waals surface area contributed by atoms with Crippen LogP contribution < -0.4 is 5.32 Å². The summed E-state index contributed by atoms with van der Waals surface area (Å²) in [6, 6.07) is 3.55. The van der Waals surface area contributed by atoms with Crippen LogP contribution >= 0.6 is 28.3 Å². The van der Waals surface area contributed by atoms with Crippen LogP contribution in [0.3, 0.4) is 0 Å². The zero-order chi connectivity index (χ0) is 9.42. The molecule has 1 aliphatic rings. The molecule has 1 heterocycles. The van der Waals surface area contributed by atoms with Gasteiger partial charge in [0.05, 0.1) is 5.56 Å². The summed E-state index contributed by atoms with van der Waals surface area (Å²) < 4.78 is 0.655. The number of carbonyl (C=O) groups is 1. The van der Waals surface area contributed by atoms with Gasteiger partial charge in [-0.05, 0) is 40.0 Å². The van der Waals surface area contributed by atoms with Gasteiger partial charge in [0.25, 0.3) is 0 Å². The van der Waals surface area contributed by atoms with Crippen molar-refractivity contribution in [2.24, 2.45) is 0 Å². The fourth-order valence-corrected chi connectivity index (χ4v) is 2.04. The Morgan fingerprint density at radius 3 is 2.86 bits per heavy atom. The molecule has 0 unspecified atom stereocenters. The Morgan fingerprint density at radius 1 is 1.50 bits per heavy atom. The lowest BCUT2D eigenvalue weighted by molar-refractivity contribution is 0.0696. The Morgan fingerprint density at radius 2 is 2.21 bits per heavy atom. The second-order valence-electron chi connectivity index (χ2n) is 2.97. The second-order valence-corrected chi connectivity index (χ2v) is 3.83. The highest BCUT2D eigenvalue weighted by atomic mass is 79.9. The molecule has 0 fully saturated rings. The van der Waals surface area contributed by atoms with Gasteiger partial charge in [-0.25, -0.2) is 4.79 Å². The first kappa shape index (κ1) is 11.3. The minimum Gasteiger partial charge on any atom is -0.478 e. The van der Waals surface area contributed by atoms with E-state index in [4.69, 9.17) is 5.11 Å². The first-order valence-electron chi connectivity index (χ1n) is 3.98. The average molecular weight is 279 g/mol. The van der Waals surface area contributed by atoms with Crippen LogP contribution in [0.1, 0.15) is 15.9 Å². The zero-order valence-electron chi connectivity index (χ0n) is 7.21. The molecule has 0 amide bonds. The number of benzene rings is 1. The fourth-order valence-electron chi connectivity index (χ4n) is 1.48. The van der Waals surface area contributed by atoms with E-state index in [2.05, 4.69) is 21.2 Å². The van der Waals surface area contributed by atoms with Crippen molar-refractivity contribution in [3.63, 3.8) is 0 Å². The third-order valence-corrected chi connectivity index (χ3v) is 2.79. The minimum atomic E-state index is -0.900. The molecule has 2 rings (SSSR count). The normalized spacial score (nSPS) is 12.6. The van der Waals surface area contributed by atoms with Crippen LogP contribution in [0.4, 0.5) is 5.69 Å². The van der Waals surface area contributed by atoms with E-state index < -0.39 is 5.97 Å². The number of hydrogen-bond donors (Lipinski definition) is 2. The van der Waals surface area contributed by atoms with Gasteiger partial charge in [0, 0.05) is 16.7 Å². The van der Waals surface area contributed by atoms with E-state index in [-0.39, 0.29) is 12.4 Å². The largest absolute Gasteiger partial charge is 0.478 e. The summed E-state index contributed by atoms with van der Waals surface area (Å²) in [7, 11) is 0. The highest BCUT2D eigenvalue weighted by Gasteiger charge is 2.16. The number of anilines is 1. The van der Waals surface area contributed by atoms with Gasteiger partial charge in [-0.15, -0.1) is 12.4 Å². The lowest BCUT2D eigenvalue weighted by atomic mass is 10.1. The summed E-state index contributed by atoms with van der Waals surface area (Å²) in [6.07, 6.45) is 0.966. The molecule has 1 aliphatic heterocycles. The number of fused-ring (bicyclic) bond motifs is 1. The molecule has 3 nitrogen and oxygen atoms in total. The molecule has 2 N–H and O–H groups in total. The summed E-state index contributed by atoms with van der Waals surface area (Å²) in [4.78, 5) is 10.8. The Hall–Kier alpha value is -0.740. The molecule has 0 radical (unpaired) electrons.